The van der Waals surface area contributed by atoms with Crippen LogP contribution in [0.25, 0.3) is 5.82 Å². The molecule has 1 aliphatic heterocycles. The summed E-state index contributed by atoms with van der Waals surface area (Å²) in [6.07, 6.45) is 11.6. The lowest BCUT2D eigenvalue weighted by molar-refractivity contribution is -0.134. The quantitative estimate of drug-likeness (QED) is 0.830. The summed E-state index contributed by atoms with van der Waals surface area (Å²) in [5.41, 5.74) is 0.786. The zero-order chi connectivity index (χ0) is 16.4. The topological polar surface area (TPSA) is 71.8 Å². The average molecular weight is 398 g/mol. The molecule has 2 N–H and O–H groups in total. The Bertz CT molecular complexity index is 724. The van der Waals surface area contributed by atoms with Gasteiger partial charge in [-0.15, -0.1) is 24.8 Å². The summed E-state index contributed by atoms with van der Waals surface area (Å²) >= 11 is 0. The number of carbonyl (C=O) groups is 1. The summed E-state index contributed by atoms with van der Waals surface area (Å²) in [6, 6.07) is 3.91. The Hall–Kier alpha value is -1.63. The van der Waals surface area contributed by atoms with Crippen molar-refractivity contribution in [3.8, 4) is 5.82 Å². The van der Waals surface area contributed by atoms with Gasteiger partial charge in [0.15, 0.2) is 0 Å². The number of imidazole rings is 1. The number of nitrogens with one attached hydrogen (secondary N) is 2. The van der Waals surface area contributed by atoms with Crippen LogP contribution >= 0.6 is 24.8 Å². The fourth-order valence-electron chi connectivity index (χ4n) is 4.23. The molecule has 0 radical (unpaired) electrons. The minimum Gasteiger partial charge on any atom is -0.351 e. The molecule has 26 heavy (non-hydrogen) atoms. The Morgan fingerprint density at radius 2 is 2.23 bits per heavy atom. The summed E-state index contributed by atoms with van der Waals surface area (Å²) < 4.78 is 1.88. The van der Waals surface area contributed by atoms with Crippen molar-refractivity contribution in [2.45, 2.75) is 32.2 Å². The Morgan fingerprint density at radius 3 is 3.04 bits per heavy atom. The van der Waals surface area contributed by atoms with Gasteiger partial charge in [0.05, 0.1) is 5.41 Å². The lowest BCUT2D eigenvalue weighted by atomic mass is 9.67. The van der Waals surface area contributed by atoms with Crippen molar-refractivity contribution in [2.75, 3.05) is 13.1 Å². The van der Waals surface area contributed by atoms with E-state index in [9.17, 15) is 4.79 Å². The maximum atomic E-state index is 13.0. The third-order valence-corrected chi connectivity index (χ3v) is 5.55. The molecule has 2 aromatic heterocycles. The van der Waals surface area contributed by atoms with Gasteiger partial charge in [-0.25, -0.2) is 9.97 Å². The Morgan fingerprint density at radius 1 is 1.35 bits per heavy atom. The smallest absolute Gasteiger partial charge is 0.228 e. The third kappa shape index (κ3) is 3.72. The van der Waals surface area contributed by atoms with Crippen LogP contribution in [0.4, 0.5) is 0 Å². The molecule has 8 heteroatoms. The fourth-order valence-corrected chi connectivity index (χ4v) is 4.23. The van der Waals surface area contributed by atoms with E-state index in [-0.39, 0.29) is 36.1 Å². The van der Waals surface area contributed by atoms with Crippen LogP contribution in [0.15, 0.2) is 37.1 Å². The van der Waals surface area contributed by atoms with Crippen molar-refractivity contribution < 1.29 is 4.79 Å². The number of aromatic nitrogens is 3. The van der Waals surface area contributed by atoms with Crippen LogP contribution in [0.3, 0.4) is 0 Å². The second kappa shape index (κ2) is 8.84. The second-order valence-electron chi connectivity index (χ2n) is 6.87. The van der Waals surface area contributed by atoms with E-state index >= 15 is 0 Å². The summed E-state index contributed by atoms with van der Waals surface area (Å²) in [6.45, 7) is 2.28. The average Bonchev–Trinajstić information content (AvgIpc) is 3.29. The summed E-state index contributed by atoms with van der Waals surface area (Å²) in [5, 5.41) is 6.61. The van der Waals surface area contributed by atoms with Gasteiger partial charge in [0.25, 0.3) is 0 Å². The molecule has 3 heterocycles. The Labute approximate surface area is 166 Å². The van der Waals surface area contributed by atoms with E-state index in [0.29, 0.717) is 12.5 Å². The normalized spacial score (nSPS) is 24.1. The molecule has 142 valence electrons. The first-order valence-corrected chi connectivity index (χ1v) is 8.71. The highest BCUT2D eigenvalue weighted by Crippen LogP contribution is 2.43. The first kappa shape index (κ1) is 20.7. The third-order valence-electron chi connectivity index (χ3n) is 5.55. The van der Waals surface area contributed by atoms with Gasteiger partial charge in [-0.05, 0) is 31.4 Å². The highest BCUT2D eigenvalue weighted by Gasteiger charge is 2.49. The standard InChI is InChI=1S/C18H23N5O.2ClH/c24-17(18-6-2-1-5-15(18)11-20-12-18)22-10-14-4-3-7-21-16(14)23-9-8-19-13-23;;/h3-4,7-9,13,15,20H,1-2,5-6,10-12H2,(H,22,24);2*1H/t15-,18+;;/m0../s1. The molecule has 2 fully saturated rings. The van der Waals surface area contributed by atoms with Crippen LogP contribution in [0.1, 0.15) is 31.2 Å². The van der Waals surface area contributed by atoms with Gasteiger partial charge in [0.1, 0.15) is 12.1 Å². The maximum Gasteiger partial charge on any atom is 0.228 e. The summed E-state index contributed by atoms with van der Waals surface area (Å²) in [4.78, 5) is 21.5. The molecule has 6 nitrogen and oxygen atoms in total. The molecule has 2 aromatic rings. The number of nitrogens with zero attached hydrogens (tertiary/aromatic N) is 3. The minimum absolute atomic E-state index is 0. The lowest BCUT2D eigenvalue weighted by Crippen LogP contribution is -2.47. The van der Waals surface area contributed by atoms with Gasteiger partial charge >= 0.3 is 0 Å². The first-order chi connectivity index (χ1) is 11.8. The Balaban J connectivity index is 0.00000121. The summed E-state index contributed by atoms with van der Waals surface area (Å²) in [5.74, 6) is 1.49. The SMILES string of the molecule is Cl.Cl.O=C(NCc1cccnc1-n1ccnc1)[C@@]12CCCC[C@H]1CNC2. The number of hydrogen-bond donors (Lipinski definition) is 2. The molecule has 2 aliphatic rings. The molecule has 0 aromatic carbocycles. The molecule has 0 bridgehead atoms. The number of fused-ring (bicyclic) bond motifs is 1. The van der Waals surface area contributed by atoms with Gasteiger partial charge in [-0.3, -0.25) is 9.36 Å². The van der Waals surface area contributed by atoms with Gasteiger partial charge < -0.3 is 10.6 Å². The number of halogens is 2. The van der Waals surface area contributed by atoms with Gasteiger partial charge in [-0.1, -0.05) is 18.9 Å². The molecule has 0 spiro atoms. The van der Waals surface area contributed by atoms with E-state index < -0.39 is 0 Å². The zero-order valence-corrected chi connectivity index (χ0v) is 16.2. The monoisotopic (exact) mass is 397 g/mol. The highest BCUT2D eigenvalue weighted by molar-refractivity contribution is 5.85. The number of hydrogen-bond acceptors (Lipinski definition) is 4. The molecule has 1 saturated carbocycles. The van der Waals surface area contributed by atoms with Crippen molar-refractivity contribution >= 4 is 30.7 Å². The minimum atomic E-state index is -0.213. The Kier molecular flexibility index (Phi) is 7.03. The second-order valence-corrected chi connectivity index (χ2v) is 6.87. The van der Waals surface area contributed by atoms with Crippen molar-refractivity contribution in [2.24, 2.45) is 11.3 Å². The van der Waals surface area contributed by atoms with E-state index in [1.54, 1.807) is 18.7 Å². The van der Waals surface area contributed by atoms with Gasteiger partial charge in [0, 0.05) is 37.2 Å². The summed E-state index contributed by atoms with van der Waals surface area (Å²) in [7, 11) is 0. The molecule has 0 unspecified atom stereocenters. The predicted octanol–water partition coefficient (Wildman–Crippen LogP) is 2.51. The highest BCUT2D eigenvalue weighted by atomic mass is 35.5. The predicted molar refractivity (Wildman–Crippen MR) is 105 cm³/mol. The maximum absolute atomic E-state index is 13.0. The molecule has 1 aliphatic carbocycles. The zero-order valence-electron chi connectivity index (χ0n) is 14.6. The van der Waals surface area contributed by atoms with Gasteiger partial charge in [0.2, 0.25) is 5.91 Å². The fraction of sp³-hybridized carbons (Fsp3) is 0.500. The van der Waals surface area contributed by atoms with Crippen LogP contribution in [0, 0.1) is 11.3 Å². The molecule has 2 atom stereocenters. The van der Waals surface area contributed by atoms with E-state index in [1.807, 2.05) is 22.9 Å². The van der Waals surface area contributed by atoms with Crippen LogP contribution in [0.2, 0.25) is 0 Å². The molecule has 1 amide bonds. The van der Waals surface area contributed by atoms with Crippen molar-refractivity contribution in [3.05, 3.63) is 42.6 Å². The van der Waals surface area contributed by atoms with Crippen molar-refractivity contribution in [1.82, 2.24) is 25.2 Å². The van der Waals surface area contributed by atoms with Crippen LogP contribution in [-0.2, 0) is 11.3 Å². The lowest BCUT2D eigenvalue weighted by Gasteiger charge is -2.37. The first-order valence-electron chi connectivity index (χ1n) is 8.71. The number of amides is 1. The van der Waals surface area contributed by atoms with E-state index in [2.05, 4.69) is 20.6 Å². The van der Waals surface area contributed by atoms with Crippen molar-refractivity contribution in [3.63, 3.8) is 0 Å². The molecule has 4 rings (SSSR count). The van der Waals surface area contributed by atoms with Crippen LogP contribution in [-0.4, -0.2) is 33.5 Å². The van der Waals surface area contributed by atoms with E-state index in [1.165, 1.54) is 6.42 Å². The molecule has 1 saturated heterocycles. The molecular formula is C18H25Cl2N5O. The molecular weight excluding hydrogens is 373 g/mol. The van der Waals surface area contributed by atoms with Gasteiger partial charge in [-0.2, -0.15) is 0 Å². The van der Waals surface area contributed by atoms with E-state index in [4.69, 9.17) is 0 Å². The number of carbonyl (C=O) groups excluding carboxylic acids is 1. The number of pyridine rings is 1. The van der Waals surface area contributed by atoms with Crippen LogP contribution < -0.4 is 10.6 Å². The van der Waals surface area contributed by atoms with E-state index in [0.717, 1.165) is 43.7 Å². The largest absolute Gasteiger partial charge is 0.351 e. The number of rotatable bonds is 4. The van der Waals surface area contributed by atoms with Crippen LogP contribution in [0.5, 0.6) is 0 Å². The van der Waals surface area contributed by atoms with Crippen molar-refractivity contribution in [1.29, 1.82) is 0 Å².